The Balaban J connectivity index is 0.000000234. The molecule has 0 fully saturated rings. The number of carboxylic acids is 1. The molecule has 0 aliphatic carbocycles. The van der Waals surface area contributed by atoms with E-state index in [1.54, 1.807) is 62.7 Å². The maximum atomic E-state index is 13.3. The predicted molar refractivity (Wildman–Crippen MR) is 302 cm³/mol. The summed E-state index contributed by atoms with van der Waals surface area (Å²) in [4.78, 5) is 107. The van der Waals surface area contributed by atoms with Gasteiger partial charge in [0.15, 0.2) is 6.61 Å². The Hall–Kier alpha value is -9.17. The zero-order chi connectivity index (χ0) is 57.3. The van der Waals surface area contributed by atoms with Crippen LogP contribution >= 0.6 is 22.7 Å². The number of likely N-dealkylation sites (N-methyl/N-ethyl adjacent to an activating group) is 1. The number of carbonyl (C=O) groups excluding carboxylic acids is 6. The molecular weight excluding hydrogens is 1070 g/mol. The molecule has 0 aliphatic rings. The fraction of sp³-hybridized carbons (Fsp3) is 0.315. The van der Waals surface area contributed by atoms with Gasteiger partial charge in [-0.2, -0.15) is 10.2 Å². The number of nitrogens with one attached hydrogen (secondary N) is 8. The number of amides is 5. The van der Waals surface area contributed by atoms with Crippen molar-refractivity contribution in [3.8, 4) is 0 Å². The molecule has 418 valence electrons. The van der Waals surface area contributed by atoms with Crippen LogP contribution in [0.4, 0.5) is 11.9 Å². The fourth-order valence-electron chi connectivity index (χ4n) is 8.30. The van der Waals surface area contributed by atoms with E-state index in [0.29, 0.717) is 57.5 Å². The molecule has 0 spiro atoms. The number of fused-ring (bicyclic) bond motifs is 2. The topological polar surface area (TPSA) is 333 Å². The fourth-order valence-corrected chi connectivity index (χ4v) is 9.58. The number of aromatic amines is 2. The average Bonchev–Trinajstić information content (AvgIpc) is 4.30. The predicted octanol–water partition coefficient (Wildman–Crippen LogP) is 4.92. The standard InChI is InChI=1S/C29H34N8O5S.C25H27N7O4S/c1-17-25(18(2)34-29(33-17)30-12-6-9-19-8-5-10-21-20(19)14-32-36-21)27(40)35-22(28(41)42-16-24(38)37(3)4)15-31-26(39)23-11-7-13-43-23;1-14-21(23(34)31-19(24(35)36)13-27-22(33)20-9-5-11-37-20)15(2)30-25(29-14)26-10-4-7-16-6-3-8-18-17(16)12-28-32-18/h5,7-8,10-11,13-14,22H,6,9,12,15-16H2,1-4H3,(H,31,39)(H,32,36)(H,35,40)(H,30,33,34);3,5-6,8-9,11-12,19H,4,7,10,13H2,1-2H3,(H,27,33)(H,28,32)(H,31,34)(H,35,36)(H,26,29,30)/t22-;19-/m00/s1. The van der Waals surface area contributed by atoms with Crippen molar-refractivity contribution in [1.82, 2.24) is 66.5 Å². The highest BCUT2D eigenvalue weighted by Gasteiger charge is 2.28. The first-order valence-corrected chi connectivity index (χ1v) is 27.1. The minimum atomic E-state index is -1.31. The van der Waals surface area contributed by atoms with Crippen molar-refractivity contribution >= 4 is 97.9 Å². The van der Waals surface area contributed by atoms with Crippen LogP contribution in [-0.2, 0) is 32.0 Å². The molecule has 0 saturated heterocycles. The lowest BCUT2D eigenvalue weighted by Crippen LogP contribution is -2.50. The van der Waals surface area contributed by atoms with Crippen LogP contribution in [0.25, 0.3) is 21.8 Å². The van der Waals surface area contributed by atoms with Crippen molar-refractivity contribution in [2.45, 2.75) is 65.5 Å². The largest absolute Gasteiger partial charge is 0.480 e. The molecule has 6 aromatic heterocycles. The minimum Gasteiger partial charge on any atom is -0.480 e. The number of esters is 1. The number of hydrogen-bond acceptors (Lipinski definition) is 18. The minimum absolute atomic E-state index is 0.198. The highest BCUT2D eigenvalue weighted by Crippen LogP contribution is 2.21. The van der Waals surface area contributed by atoms with Crippen molar-refractivity contribution in [3.05, 3.63) is 139 Å². The third kappa shape index (κ3) is 15.7. The van der Waals surface area contributed by atoms with Crippen LogP contribution in [0.1, 0.15) is 86.8 Å². The van der Waals surface area contributed by atoms with Crippen LogP contribution < -0.4 is 31.9 Å². The number of aliphatic carboxylic acids is 1. The summed E-state index contributed by atoms with van der Waals surface area (Å²) in [5.41, 5.74) is 6.45. The van der Waals surface area contributed by atoms with Crippen LogP contribution in [0.3, 0.4) is 0 Å². The Bertz CT molecular complexity index is 3430. The van der Waals surface area contributed by atoms with Gasteiger partial charge < -0.3 is 46.6 Å². The van der Waals surface area contributed by atoms with Gasteiger partial charge in [0.25, 0.3) is 29.5 Å². The van der Waals surface area contributed by atoms with Crippen LogP contribution in [0.5, 0.6) is 0 Å². The number of aromatic nitrogens is 8. The number of ether oxygens (including phenoxy) is 1. The number of benzene rings is 2. The molecule has 0 aliphatic heterocycles. The van der Waals surface area contributed by atoms with Crippen molar-refractivity contribution in [2.75, 3.05) is 57.5 Å². The Kier molecular flexibility index (Phi) is 20.4. The van der Waals surface area contributed by atoms with Crippen molar-refractivity contribution in [1.29, 1.82) is 0 Å². The molecule has 26 heteroatoms. The maximum absolute atomic E-state index is 13.3. The summed E-state index contributed by atoms with van der Waals surface area (Å²) >= 11 is 2.48. The molecule has 9 N–H and O–H groups in total. The molecule has 8 rings (SSSR count). The van der Waals surface area contributed by atoms with E-state index in [0.717, 1.165) is 47.5 Å². The zero-order valence-corrected chi connectivity index (χ0v) is 46.4. The Morgan fingerprint density at radius 3 is 1.45 bits per heavy atom. The number of rotatable bonds is 24. The first-order chi connectivity index (χ1) is 38.5. The second kappa shape index (κ2) is 27.9. The van der Waals surface area contributed by atoms with Crippen LogP contribution in [-0.4, -0.2) is 151 Å². The lowest BCUT2D eigenvalue weighted by atomic mass is 10.1. The van der Waals surface area contributed by atoms with E-state index >= 15 is 0 Å². The lowest BCUT2D eigenvalue weighted by Gasteiger charge is -2.20. The highest BCUT2D eigenvalue weighted by atomic mass is 32.1. The number of nitrogens with zero attached hydrogens (tertiary/aromatic N) is 7. The molecule has 0 unspecified atom stereocenters. The van der Waals surface area contributed by atoms with E-state index in [1.807, 2.05) is 36.7 Å². The summed E-state index contributed by atoms with van der Waals surface area (Å²) in [5.74, 6) is -3.81. The van der Waals surface area contributed by atoms with Gasteiger partial charge in [-0.05, 0) is 99.5 Å². The number of carboxylic acid groups (broad SMARTS) is 1. The summed E-state index contributed by atoms with van der Waals surface area (Å²) in [5, 5.41) is 46.0. The van der Waals surface area contributed by atoms with Gasteiger partial charge in [-0.1, -0.05) is 36.4 Å². The maximum Gasteiger partial charge on any atom is 0.331 e. The first-order valence-electron chi connectivity index (χ1n) is 25.3. The van der Waals surface area contributed by atoms with Gasteiger partial charge in [-0.3, -0.25) is 34.2 Å². The van der Waals surface area contributed by atoms with Gasteiger partial charge in [-0.25, -0.2) is 29.5 Å². The Morgan fingerprint density at radius 2 is 1.04 bits per heavy atom. The molecule has 24 nitrogen and oxygen atoms in total. The summed E-state index contributed by atoms with van der Waals surface area (Å²) < 4.78 is 5.13. The van der Waals surface area contributed by atoms with Gasteiger partial charge in [-0.15, -0.1) is 22.7 Å². The highest BCUT2D eigenvalue weighted by molar-refractivity contribution is 7.12. The van der Waals surface area contributed by atoms with Crippen molar-refractivity contribution in [2.24, 2.45) is 0 Å². The third-order valence-electron chi connectivity index (χ3n) is 12.4. The number of hydrogen-bond donors (Lipinski definition) is 9. The molecular formula is C54H61N15O9S2. The molecule has 80 heavy (non-hydrogen) atoms. The smallest absolute Gasteiger partial charge is 0.331 e. The van der Waals surface area contributed by atoms with Crippen LogP contribution in [0.2, 0.25) is 0 Å². The monoisotopic (exact) mass is 1130 g/mol. The van der Waals surface area contributed by atoms with Crippen LogP contribution in [0.15, 0.2) is 83.8 Å². The summed E-state index contributed by atoms with van der Waals surface area (Å²) in [6, 6.07) is 16.3. The number of thiophene rings is 2. The number of aryl methyl sites for hydroxylation is 6. The van der Waals surface area contributed by atoms with E-state index in [2.05, 4.69) is 84.4 Å². The molecule has 0 bridgehead atoms. The van der Waals surface area contributed by atoms with E-state index in [-0.39, 0.29) is 24.2 Å². The SMILES string of the molecule is Cc1nc(NCCCc2cccc3[nH]ncc23)nc(C)c1C(=O)N[C@@H](CNC(=O)c1cccs1)C(=O)O.Cc1nc(NCCCc2cccc3[nH]ncc23)nc(C)c1C(=O)N[C@@H](CNC(=O)c1cccs1)C(=O)OCC(=O)N(C)C. The van der Waals surface area contributed by atoms with Gasteiger partial charge in [0.1, 0.15) is 12.1 Å². The van der Waals surface area contributed by atoms with Gasteiger partial charge in [0.05, 0.1) is 67.1 Å². The number of H-pyrrole nitrogens is 2. The zero-order valence-electron chi connectivity index (χ0n) is 44.8. The van der Waals surface area contributed by atoms with E-state index < -0.39 is 60.2 Å². The third-order valence-corrected chi connectivity index (χ3v) is 14.1. The van der Waals surface area contributed by atoms with E-state index in [9.17, 15) is 38.7 Å². The first kappa shape index (κ1) is 58.5. The average molecular weight is 1130 g/mol. The molecule has 8 aromatic rings. The summed E-state index contributed by atoms with van der Waals surface area (Å²) in [7, 11) is 3.06. The molecule has 2 aromatic carbocycles. The molecule has 0 radical (unpaired) electrons. The normalized spacial score (nSPS) is 11.6. The second-order valence-electron chi connectivity index (χ2n) is 18.4. The molecule has 2 atom stereocenters. The van der Waals surface area contributed by atoms with Gasteiger partial charge in [0, 0.05) is 51.0 Å². The number of anilines is 2. The van der Waals surface area contributed by atoms with Crippen molar-refractivity contribution < 1.29 is 43.4 Å². The Labute approximate surface area is 467 Å². The second-order valence-corrected chi connectivity index (χ2v) is 20.3. The lowest BCUT2D eigenvalue weighted by molar-refractivity contribution is -0.152. The summed E-state index contributed by atoms with van der Waals surface area (Å²) in [6.07, 6.45) is 6.99. The quantitative estimate of drug-likeness (QED) is 0.0286. The molecule has 6 heterocycles. The molecule has 0 saturated carbocycles. The summed E-state index contributed by atoms with van der Waals surface area (Å²) in [6.45, 7) is 6.92. The van der Waals surface area contributed by atoms with Crippen molar-refractivity contribution in [3.63, 3.8) is 0 Å². The van der Waals surface area contributed by atoms with E-state index in [1.165, 1.54) is 52.8 Å². The Morgan fingerprint density at radius 1 is 0.600 bits per heavy atom. The van der Waals surface area contributed by atoms with Gasteiger partial charge in [0.2, 0.25) is 11.9 Å². The molecule has 5 amide bonds. The number of carbonyl (C=O) groups is 7. The van der Waals surface area contributed by atoms with Crippen LogP contribution in [0, 0.1) is 27.7 Å². The van der Waals surface area contributed by atoms with Gasteiger partial charge >= 0.3 is 11.9 Å². The van der Waals surface area contributed by atoms with E-state index in [4.69, 9.17) is 4.74 Å².